The number of nitrogens with zero attached hydrogens (tertiary/aromatic N) is 6. The van der Waals surface area contributed by atoms with Crippen LogP contribution in [0.2, 0.25) is 0 Å². The third-order valence-corrected chi connectivity index (χ3v) is 5.88. The average molecular weight is 482 g/mol. The second-order valence-electron chi connectivity index (χ2n) is 8.44. The van der Waals surface area contributed by atoms with Crippen LogP contribution in [0.1, 0.15) is 38.0 Å². The lowest BCUT2D eigenvalue weighted by molar-refractivity contribution is -0.384. The summed E-state index contributed by atoms with van der Waals surface area (Å²) in [5.41, 5.74) is 1.90. The fourth-order valence-electron chi connectivity index (χ4n) is 2.99. The van der Waals surface area contributed by atoms with Crippen molar-refractivity contribution in [1.29, 1.82) is 0 Å². The molecule has 2 aromatic heterocycles. The minimum absolute atomic E-state index is 0.00740. The lowest BCUT2D eigenvalue weighted by Crippen LogP contribution is -2.16. The number of nitro groups is 1. The van der Waals surface area contributed by atoms with Crippen molar-refractivity contribution in [3.8, 4) is 17.1 Å². The SMILES string of the molecule is CC(C)(C)c1ccc(OCc2nnc(SCc3nc(-c4ccc([N+](=O)[O-])cc4)no3)n2N)cc1. The third-order valence-electron chi connectivity index (χ3n) is 4.95. The molecule has 0 spiro atoms. The maximum atomic E-state index is 10.8. The van der Waals surface area contributed by atoms with Gasteiger partial charge in [0.2, 0.25) is 16.9 Å². The van der Waals surface area contributed by atoms with E-state index in [1.54, 1.807) is 12.1 Å². The van der Waals surface area contributed by atoms with E-state index in [0.29, 0.717) is 34.0 Å². The summed E-state index contributed by atoms with van der Waals surface area (Å²) in [6, 6.07) is 13.8. The van der Waals surface area contributed by atoms with Crippen LogP contribution in [0.3, 0.4) is 0 Å². The molecule has 12 heteroatoms. The number of nitro benzene ring substituents is 1. The Morgan fingerprint density at radius 1 is 1.12 bits per heavy atom. The number of rotatable bonds is 8. The topological polar surface area (TPSA) is 148 Å². The smallest absolute Gasteiger partial charge is 0.269 e. The van der Waals surface area contributed by atoms with Crippen LogP contribution in [0.15, 0.2) is 58.2 Å². The van der Waals surface area contributed by atoms with Crippen molar-refractivity contribution >= 4 is 17.4 Å². The first-order valence-corrected chi connectivity index (χ1v) is 11.3. The van der Waals surface area contributed by atoms with Crippen LogP contribution < -0.4 is 10.6 Å². The van der Waals surface area contributed by atoms with Gasteiger partial charge in [0.25, 0.3) is 5.69 Å². The van der Waals surface area contributed by atoms with Gasteiger partial charge in [-0.2, -0.15) is 4.98 Å². The second kappa shape index (κ2) is 9.51. The highest BCUT2D eigenvalue weighted by atomic mass is 32.2. The van der Waals surface area contributed by atoms with Crippen molar-refractivity contribution < 1.29 is 14.2 Å². The van der Waals surface area contributed by atoms with Gasteiger partial charge in [-0.15, -0.1) is 10.2 Å². The summed E-state index contributed by atoms with van der Waals surface area (Å²) < 4.78 is 12.4. The normalized spacial score (nSPS) is 11.5. The maximum absolute atomic E-state index is 10.8. The van der Waals surface area contributed by atoms with Gasteiger partial charge in [0.05, 0.1) is 10.7 Å². The molecule has 4 rings (SSSR count). The molecule has 2 N–H and O–H groups in total. The Hall–Kier alpha value is -3.93. The number of ether oxygens (including phenoxy) is 1. The van der Waals surface area contributed by atoms with Gasteiger partial charge >= 0.3 is 0 Å². The maximum Gasteiger partial charge on any atom is 0.269 e. The van der Waals surface area contributed by atoms with E-state index in [2.05, 4.69) is 41.1 Å². The minimum atomic E-state index is -0.465. The van der Waals surface area contributed by atoms with E-state index in [0.717, 1.165) is 5.75 Å². The van der Waals surface area contributed by atoms with E-state index in [4.69, 9.17) is 15.1 Å². The van der Waals surface area contributed by atoms with Crippen LogP contribution in [0.25, 0.3) is 11.4 Å². The molecule has 0 aliphatic heterocycles. The van der Waals surface area contributed by atoms with E-state index in [9.17, 15) is 10.1 Å². The zero-order valence-electron chi connectivity index (χ0n) is 18.8. The van der Waals surface area contributed by atoms with Crippen LogP contribution in [0.4, 0.5) is 5.69 Å². The summed E-state index contributed by atoms with van der Waals surface area (Å²) in [5, 5.41) is 23.4. The molecule has 0 saturated heterocycles. The molecule has 176 valence electrons. The Kier molecular flexibility index (Phi) is 6.50. The molecule has 0 radical (unpaired) electrons. The molecular weight excluding hydrogens is 458 g/mol. The Morgan fingerprint density at radius 3 is 2.47 bits per heavy atom. The first kappa shape index (κ1) is 23.2. The number of nitrogen functional groups attached to an aromatic ring is 1. The molecule has 4 aromatic rings. The van der Waals surface area contributed by atoms with Crippen LogP contribution in [0.5, 0.6) is 5.75 Å². The first-order valence-electron chi connectivity index (χ1n) is 10.3. The highest BCUT2D eigenvalue weighted by Crippen LogP contribution is 2.26. The minimum Gasteiger partial charge on any atom is -0.486 e. The van der Waals surface area contributed by atoms with Gasteiger partial charge in [-0.05, 0) is 35.2 Å². The van der Waals surface area contributed by atoms with Gasteiger partial charge in [-0.25, -0.2) is 4.68 Å². The zero-order valence-corrected chi connectivity index (χ0v) is 19.7. The van der Waals surface area contributed by atoms with Gasteiger partial charge in [0.15, 0.2) is 5.82 Å². The largest absolute Gasteiger partial charge is 0.486 e. The predicted molar refractivity (Wildman–Crippen MR) is 126 cm³/mol. The van der Waals surface area contributed by atoms with Crippen molar-refractivity contribution in [3.05, 3.63) is 75.9 Å². The molecule has 0 aliphatic carbocycles. The van der Waals surface area contributed by atoms with Crippen LogP contribution >= 0.6 is 11.8 Å². The zero-order chi connectivity index (χ0) is 24.3. The summed E-state index contributed by atoms with van der Waals surface area (Å²) in [7, 11) is 0. The summed E-state index contributed by atoms with van der Waals surface area (Å²) in [4.78, 5) is 14.6. The monoisotopic (exact) mass is 481 g/mol. The van der Waals surface area contributed by atoms with Crippen LogP contribution in [0, 0.1) is 10.1 Å². The van der Waals surface area contributed by atoms with Crippen molar-refractivity contribution in [2.45, 2.75) is 43.7 Å². The van der Waals surface area contributed by atoms with E-state index >= 15 is 0 Å². The molecule has 2 aromatic carbocycles. The fourth-order valence-corrected chi connectivity index (χ4v) is 3.71. The van der Waals surface area contributed by atoms with Gasteiger partial charge in [0, 0.05) is 17.7 Å². The Bertz CT molecular complexity index is 1280. The van der Waals surface area contributed by atoms with E-state index in [1.807, 2.05) is 24.3 Å². The van der Waals surface area contributed by atoms with Crippen molar-refractivity contribution in [2.24, 2.45) is 0 Å². The summed E-state index contributed by atoms with van der Waals surface area (Å²) in [6.07, 6.45) is 0. The van der Waals surface area contributed by atoms with Gasteiger partial charge in [-0.1, -0.05) is 49.8 Å². The number of non-ortho nitro benzene ring substituents is 1. The quantitative estimate of drug-likeness (QED) is 0.169. The molecule has 2 heterocycles. The predicted octanol–water partition coefficient (Wildman–Crippen LogP) is 4.12. The van der Waals surface area contributed by atoms with E-state index in [1.165, 1.54) is 34.1 Å². The fraction of sp³-hybridized carbons (Fsp3) is 0.273. The summed E-state index contributed by atoms with van der Waals surface area (Å²) in [5.74, 6) is 8.33. The number of aromatic nitrogens is 5. The number of benzene rings is 2. The molecule has 0 aliphatic rings. The number of hydrogen-bond donors (Lipinski definition) is 1. The lowest BCUT2D eigenvalue weighted by atomic mass is 9.87. The first-order chi connectivity index (χ1) is 16.2. The number of hydrogen-bond acceptors (Lipinski definition) is 10. The molecule has 0 saturated carbocycles. The molecule has 0 fully saturated rings. The molecule has 34 heavy (non-hydrogen) atoms. The molecule has 0 unspecified atom stereocenters. The standard InChI is InChI=1S/C22H23N7O4S/c1-22(2,3)15-6-10-17(11-7-15)32-12-18-25-26-21(28(18)23)34-13-19-24-20(27-33-19)14-4-8-16(9-5-14)29(30)31/h4-11H,12-13,23H2,1-3H3. The van der Waals surface area contributed by atoms with E-state index in [-0.39, 0.29) is 17.7 Å². The molecule has 11 nitrogen and oxygen atoms in total. The highest BCUT2D eigenvalue weighted by molar-refractivity contribution is 7.98. The van der Waals surface area contributed by atoms with Crippen LogP contribution in [-0.2, 0) is 17.8 Å². The molecule has 0 atom stereocenters. The molecule has 0 amide bonds. The summed E-state index contributed by atoms with van der Waals surface area (Å²) in [6.45, 7) is 6.64. The lowest BCUT2D eigenvalue weighted by Gasteiger charge is -2.19. The molecular formula is C22H23N7O4S. The van der Waals surface area contributed by atoms with Crippen molar-refractivity contribution in [2.75, 3.05) is 5.84 Å². The van der Waals surface area contributed by atoms with Gasteiger partial charge < -0.3 is 15.1 Å². The number of thioether (sulfide) groups is 1. The average Bonchev–Trinajstić information content (AvgIpc) is 3.43. The van der Waals surface area contributed by atoms with Crippen LogP contribution in [-0.4, -0.2) is 29.9 Å². The second-order valence-corrected chi connectivity index (χ2v) is 9.38. The molecule has 0 bridgehead atoms. The third kappa shape index (κ3) is 5.34. The Balaban J connectivity index is 1.33. The van der Waals surface area contributed by atoms with E-state index < -0.39 is 4.92 Å². The Labute approximate surface area is 199 Å². The van der Waals surface area contributed by atoms with Gasteiger partial charge in [-0.3, -0.25) is 10.1 Å². The van der Waals surface area contributed by atoms with Crippen molar-refractivity contribution in [3.63, 3.8) is 0 Å². The summed E-state index contributed by atoms with van der Waals surface area (Å²) >= 11 is 1.29. The highest BCUT2D eigenvalue weighted by Gasteiger charge is 2.16. The van der Waals surface area contributed by atoms with Gasteiger partial charge in [0.1, 0.15) is 12.4 Å². The van der Waals surface area contributed by atoms with Crippen molar-refractivity contribution in [1.82, 2.24) is 25.0 Å². The Morgan fingerprint density at radius 2 is 1.82 bits per heavy atom. The number of nitrogens with two attached hydrogens (primary N) is 1.